The highest BCUT2D eigenvalue weighted by atomic mass is 15.0. The number of nitrogens with zero attached hydrogens (tertiary/aromatic N) is 3. The summed E-state index contributed by atoms with van der Waals surface area (Å²) >= 11 is 0. The van der Waals surface area contributed by atoms with Gasteiger partial charge in [0.2, 0.25) is 0 Å². The van der Waals surface area contributed by atoms with E-state index < -0.39 is 0 Å². The molecular formula is C46H41N3. The van der Waals surface area contributed by atoms with E-state index in [1.807, 2.05) is 0 Å². The summed E-state index contributed by atoms with van der Waals surface area (Å²) in [5, 5.41) is 2.30. The molecular weight excluding hydrogens is 595 g/mol. The molecule has 1 heterocycles. The molecule has 1 aliphatic carbocycles. The lowest BCUT2D eigenvalue weighted by Crippen LogP contribution is -2.34. The zero-order valence-corrected chi connectivity index (χ0v) is 29.0. The van der Waals surface area contributed by atoms with Crippen LogP contribution in [0.1, 0.15) is 57.2 Å². The molecule has 0 bridgehead atoms. The Balaban J connectivity index is 1.37. The minimum Gasteiger partial charge on any atom is -0.208 e. The molecule has 3 heteroatoms. The zero-order valence-electron chi connectivity index (χ0n) is 29.0. The average Bonchev–Trinajstić information content (AvgIpc) is 3.13. The van der Waals surface area contributed by atoms with Gasteiger partial charge in [0, 0.05) is 16.7 Å². The molecule has 8 rings (SSSR count). The predicted octanol–water partition coefficient (Wildman–Crippen LogP) is 12.0. The lowest BCUT2D eigenvalue weighted by molar-refractivity contribution is 0.332. The number of hydrogen-bond acceptors (Lipinski definition) is 3. The van der Waals surface area contributed by atoms with Crippen molar-refractivity contribution in [2.75, 3.05) is 0 Å². The average molecular weight is 636 g/mol. The monoisotopic (exact) mass is 635 g/mol. The molecule has 7 aromatic rings. The first-order valence-electron chi connectivity index (χ1n) is 17.3. The molecule has 1 aliphatic rings. The number of aromatic nitrogens is 3. The van der Waals surface area contributed by atoms with Crippen LogP contribution in [-0.4, -0.2) is 15.0 Å². The van der Waals surface area contributed by atoms with E-state index in [1.165, 1.54) is 39.6 Å². The first-order chi connectivity index (χ1) is 23.7. The van der Waals surface area contributed by atoms with Crippen molar-refractivity contribution in [2.24, 2.45) is 0 Å². The molecule has 0 fully saturated rings. The highest BCUT2D eigenvalue weighted by Gasteiger charge is 2.37. The Bertz CT molecular complexity index is 2340. The number of benzene rings is 6. The van der Waals surface area contributed by atoms with Crippen molar-refractivity contribution in [1.82, 2.24) is 15.0 Å². The van der Waals surface area contributed by atoms with Crippen LogP contribution in [0.2, 0.25) is 0 Å². The van der Waals surface area contributed by atoms with E-state index in [9.17, 15) is 0 Å². The maximum Gasteiger partial charge on any atom is 0.164 e. The Morgan fingerprint density at radius 2 is 0.898 bits per heavy atom. The molecule has 6 aromatic carbocycles. The number of hydrogen-bond donors (Lipinski definition) is 0. The number of fused-ring (bicyclic) bond motifs is 2. The van der Waals surface area contributed by atoms with Crippen LogP contribution in [0.4, 0.5) is 0 Å². The Morgan fingerprint density at radius 1 is 0.408 bits per heavy atom. The molecule has 3 nitrogen and oxygen atoms in total. The Labute approximate surface area is 289 Å². The third-order valence-electron chi connectivity index (χ3n) is 10.6. The molecule has 1 aromatic heterocycles. The zero-order chi connectivity index (χ0) is 33.8. The van der Waals surface area contributed by atoms with Gasteiger partial charge >= 0.3 is 0 Å². The van der Waals surface area contributed by atoms with Gasteiger partial charge in [-0.1, -0.05) is 143 Å². The lowest BCUT2D eigenvalue weighted by atomic mass is 9.62. The second-order valence-corrected chi connectivity index (χ2v) is 14.8. The third kappa shape index (κ3) is 5.64. The summed E-state index contributed by atoms with van der Waals surface area (Å²) in [6.45, 7) is 11.7. The molecule has 0 aliphatic heterocycles. The van der Waals surface area contributed by atoms with Crippen molar-refractivity contribution in [3.63, 3.8) is 0 Å². The van der Waals surface area contributed by atoms with Gasteiger partial charge in [-0.05, 0) is 98.5 Å². The Hall–Kier alpha value is -5.41. The van der Waals surface area contributed by atoms with Gasteiger partial charge < -0.3 is 0 Å². The van der Waals surface area contributed by atoms with Gasteiger partial charge in [-0.2, -0.15) is 0 Å². The summed E-state index contributed by atoms with van der Waals surface area (Å²) in [5.41, 5.74) is 11.9. The van der Waals surface area contributed by atoms with Gasteiger partial charge in [-0.15, -0.1) is 0 Å². The quantitative estimate of drug-likeness (QED) is 0.189. The van der Waals surface area contributed by atoms with E-state index in [1.54, 1.807) is 0 Å². The van der Waals surface area contributed by atoms with Crippen molar-refractivity contribution in [3.05, 3.63) is 150 Å². The first kappa shape index (κ1) is 30.9. The Morgan fingerprint density at radius 3 is 1.57 bits per heavy atom. The van der Waals surface area contributed by atoms with Crippen LogP contribution in [0.25, 0.3) is 67.2 Å². The Kier molecular flexibility index (Phi) is 7.52. The number of aryl methyl sites for hydroxylation is 1. The maximum absolute atomic E-state index is 5.30. The van der Waals surface area contributed by atoms with Gasteiger partial charge in [0.25, 0.3) is 0 Å². The summed E-state index contributed by atoms with van der Waals surface area (Å²) in [6, 6.07) is 47.4. The fourth-order valence-electron chi connectivity index (χ4n) is 7.54. The fourth-order valence-corrected chi connectivity index (χ4v) is 7.54. The second-order valence-electron chi connectivity index (χ2n) is 14.8. The highest BCUT2D eigenvalue weighted by molar-refractivity contribution is 6.04. The summed E-state index contributed by atoms with van der Waals surface area (Å²) in [5.74, 6) is 2.06. The standard InChI is InChI=1S/C46H41N3/c1-30-27-40-41(46(4,5)26-25-45(40,2)3)29-39(30)44-48-42(34-20-14-19-33(28-34)31-15-8-6-9-16-31)47-43(49-44)38-24-23-35(32-17-10-7-11-18-32)36-21-12-13-22-37(36)38/h6-24,27-29H,25-26H2,1-5H3. The number of rotatable bonds is 5. The first-order valence-corrected chi connectivity index (χ1v) is 17.3. The minimum atomic E-state index is 0.0689. The van der Waals surface area contributed by atoms with Crippen molar-refractivity contribution < 1.29 is 0 Å². The largest absolute Gasteiger partial charge is 0.208 e. The van der Waals surface area contributed by atoms with E-state index in [0.29, 0.717) is 17.5 Å². The van der Waals surface area contributed by atoms with Gasteiger partial charge in [0.05, 0.1) is 0 Å². The fraction of sp³-hybridized carbons (Fsp3) is 0.196. The van der Waals surface area contributed by atoms with E-state index in [-0.39, 0.29) is 10.8 Å². The molecule has 0 N–H and O–H groups in total. The molecule has 0 unspecified atom stereocenters. The van der Waals surface area contributed by atoms with Crippen LogP contribution in [0.15, 0.2) is 133 Å². The molecule has 0 spiro atoms. The molecule has 0 radical (unpaired) electrons. The van der Waals surface area contributed by atoms with E-state index in [4.69, 9.17) is 15.0 Å². The van der Waals surface area contributed by atoms with E-state index in [0.717, 1.165) is 39.6 Å². The molecule has 49 heavy (non-hydrogen) atoms. The summed E-state index contributed by atoms with van der Waals surface area (Å²) < 4.78 is 0. The molecule has 0 saturated heterocycles. The van der Waals surface area contributed by atoms with Gasteiger partial charge in [-0.25, -0.2) is 15.0 Å². The van der Waals surface area contributed by atoms with E-state index in [2.05, 4.69) is 168 Å². The van der Waals surface area contributed by atoms with Crippen molar-refractivity contribution in [2.45, 2.75) is 58.3 Å². The van der Waals surface area contributed by atoms with Crippen LogP contribution >= 0.6 is 0 Å². The molecule has 0 atom stereocenters. The van der Waals surface area contributed by atoms with Gasteiger partial charge in [0.15, 0.2) is 17.5 Å². The van der Waals surface area contributed by atoms with Crippen LogP contribution in [0, 0.1) is 6.92 Å². The maximum atomic E-state index is 5.30. The van der Waals surface area contributed by atoms with Crippen LogP contribution in [0.3, 0.4) is 0 Å². The van der Waals surface area contributed by atoms with Crippen LogP contribution in [0.5, 0.6) is 0 Å². The van der Waals surface area contributed by atoms with Crippen molar-refractivity contribution in [1.29, 1.82) is 0 Å². The third-order valence-corrected chi connectivity index (χ3v) is 10.6. The molecule has 0 amide bonds. The summed E-state index contributed by atoms with van der Waals surface area (Å²) in [6.07, 6.45) is 2.32. The molecule has 240 valence electrons. The summed E-state index contributed by atoms with van der Waals surface area (Å²) in [7, 11) is 0. The van der Waals surface area contributed by atoms with Crippen molar-refractivity contribution in [3.8, 4) is 56.4 Å². The van der Waals surface area contributed by atoms with Crippen molar-refractivity contribution >= 4 is 10.8 Å². The lowest BCUT2D eigenvalue weighted by Gasteiger charge is -2.42. The van der Waals surface area contributed by atoms with Gasteiger partial charge in [0.1, 0.15) is 0 Å². The normalized spacial score (nSPS) is 14.8. The van der Waals surface area contributed by atoms with Gasteiger partial charge in [-0.3, -0.25) is 0 Å². The highest BCUT2D eigenvalue weighted by Crippen LogP contribution is 2.47. The van der Waals surface area contributed by atoms with Crippen LogP contribution < -0.4 is 0 Å². The second kappa shape index (κ2) is 11.9. The minimum absolute atomic E-state index is 0.0689. The summed E-state index contributed by atoms with van der Waals surface area (Å²) in [4.78, 5) is 15.8. The topological polar surface area (TPSA) is 38.7 Å². The van der Waals surface area contributed by atoms with E-state index >= 15 is 0 Å². The smallest absolute Gasteiger partial charge is 0.164 e. The van der Waals surface area contributed by atoms with Crippen LogP contribution in [-0.2, 0) is 10.8 Å². The predicted molar refractivity (Wildman–Crippen MR) is 205 cm³/mol. The SMILES string of the molecule is Cc1cc2c(cc1-c1nc(-c3cccc(-c4ccccc4)c3)nc(-c3ccc(-c4ccccc4)c4ccccc34)n1)C(C)(C)CCC2(C)C. The molecule has 0 saturated carbocycles.